The molecule has 3 atom stereocenters. The molecule has 4 aromatic carbocycles. The van der Waals surface area contributed by atoms with Crippen molar-refractivity contribution in [2.24, 2.45) is 5.41 Å². The molecule has 65 heavy (non-hydrogen) atoms. The Morgan fingerprint density at radius 3 is 2.02 bits per heavy atom. The van der Waals surface area contributed by atoms with Gasteiger partial charge >= 0.3 is 0 Å². The van der Waals surface area contributed by atoms with E-state index in [1.54, 1.807) is 61.9 Å². The van der Waals surface area contributed by atoms with E-state index in [0.717, 1.165) is 49.5 Å². The number of likely N-dealkylation sites (tertiary alicyclic amines) is 1. The van der Waals surface area contributed by atoms with Crippen LogP contribution in [0.25, 0.3) is 21.6 Å². The Kier molecular flexibility index (Phi) is 16.4. The lowest BCUT2D eigenvalue weighted by molar-refractivity contribution is -0.144. The van der Waals surface area contributed by atoms with Crippen molar-refractivity contribution in [2.45, 2.75) is 78.1 Å². The van der Waals surface area contributed by atoms with Gasteiger partial charge in [-0.2, -0.15) is 0 Å². The Bertz CT molecular complexity index is 2450. The minimum Gasteiger partial charge on any atom is -0.508 e. The van der Waals surface area contributed by atoms with Crippen LogP contribution >= 0.6 is 22.9 Å². The molecule has 5 aromatic rings. The van der Waals surface area contributed by atoms with Gasteiger partial charge in [0, 0.05) is 38.2 Å². The van der Waals surface area contributed by atoms with Gasteiger partial charge in [-0.15, -0.1) is 22.9 Å². The SMILES string of the molecule is Cc1ncsc1-c1ccc(CNC(=O)[C@@H]2C[C@@H](O)CN2C(=O)C(NC(=O)CCC(=O)NCCOc2ccc(C(=C(CCCl)c3ccc(O)cc3)c3ccc(O)cc3)cc2)C(C)(C)C)cc1. The van der Waals surface area contributed by atoms with Crippen LogP contribution in [0.5, 0.6) is 17.2 Å². The first kappa shape index (κ1) is 48.2. The number of β-amino-alcohol motifs (C(OH)–C–C–N with tert-alkyl or cyclic N) is 1. The van der Waals surface area contributed by atoms with Crippen molar-refractivity contribution in [2.75, 3.05) is 25.6 Å². The topological polar surface area (TPSA) is 190 Å². The van der Waals surface area contributed by atoms with Crippen molar-refractivity contribution in [3.8, 4) is 27.7 Å². The summed E-state index contributed by atoms with van der Waals surface area (Å²) in [5.74, 6) is -0.503. The number of allylic oxidation sites excluding steroid dienone is 1. The van der Waals surface area contributed by atoms with Crippen LogP contribution in [0.2, 0.25) is 0 Å². The number of aryl methyl sites for hydroxylation is 1. The van der Waals surface area contributed by atoms with Crippen LogP contribution in [0.15, 0.2) is 103 Å². The van der Waals surface area contributed by atoms with Gasteiger partial charge in [0.25, 0.3) is 0 Å². The van der Waals surface area contributed by atoms with Crippen LogP contribution in [0.3, 0.4) is 0 Å². The molecule has 2 heterocycles. The molecule has 1 fully saturated rings. The van der Waals surface area contributed by atoms with E-state index in [-0.39, 0.29) is 62.9 Å². The second kappa shape index (κ2) is 22.1. The number of phenols is 2. The normalized spacial score (nSPS) is 15.8. The van der Waals surface area contributed by atoms with Gasteiger partial charge in [-0.1, -0.05) is 81.4 Å². The van der Waals surface area contributed by atoms with Gasteiger partial charge in [0.05, 0.1) is 28.7 Å². The number of nitrogens with one attached hydrogen (secondary N) is 3. The number of halogens is 1. The maximum atomic E-state index is 14.0. The van der Waals surface area contributed by atoms with Gasteiger partial charge in [0.1, 0.15) is 35.9 Å². The molecule has 6 N–H and O–H groups in total. The molecule has 0 saturated carbocycles. The number of aliphatic hydroxyl groups is 1. The van der Waals surface area contributed by atoms with E-state index in [1.165, 1.54) is 4.90 Å². The first-order chi connectivity index (χ1) is 31.1. The van der Waals surface area contributed by atoms with E-state index in [1.807, 2.05) is 79.7 Å². The summed E-state index contributed by atoms with van der Waals surface area (Å²) in [6.07, 6.45) is -0.581. The average Bonchev–Trinajstić information content (AvgIpc) is 3.91. The molecule has 0 bridgehead atoms. The third-order valence-electron chi connectivity index (χ3n) is 11.1. The largest absolute Gasteiger partial charge is 0.508 e. The van der Waals surface area contributed by atoms with Gasteiger partial charge in [-0.3, -0.25) is 19.2 Å². The van der Waals surface area contributed by atoms with E-state index < -0.39 is 41.3 Å². The number of phenolic OH excluding ortho intramolecular Hbond substituents is 2. The van der Waals surface area contributed by atoms with Crippen LogP contribution in [-0.2, 0) is 25.7 Å². The molecule has 1 aliphatic rings. The number of aromatic hydroxyl groups is 2. The number of carbonyl (C=O) groups excluding carboxylic acids is 4. The van der Waals surface area contributed by atoms with Crippen LogP contribution in [-0.4, -0.2) is 92.6 Å². The summed E-state index contributed by atoms with van der Waals surface area (Å²) in [5.41, 5.74) is 8.45. The Morgan fingerprint density at radius 2 is 1.43 bits per heavy atom. The zero-order chi connectivity index (χ0) is 46.7. The minimum atomic E-state index is -1.02. The maximum Gasteiger partial charge on any atom is 0.246 e. The minimum absolute atomic E-state index is 0.0503. The molecule has 1 aromatic heterocycles. The van der Waals surface area contributed by atoms with Gasteiger partial charge < -0.3 is 40.9 Å². The molecule has 4 amide bonds. The monoisotopic (exact) mass is 921 g/mol. The van der Waals surface area contributed by atoms with Crippen LogP contribution < -0.4 is 20.7 Å². The molecular weight excluding hydrogens is 866 g/mol. The highest BCUT2D eigenvalue weighted by molar-refractivity contribution is 7.13. The lowest BCUT2D eigenvalue weighted by Gasteiger charge is -2.35. The van der Waals surface area contributed by atoms with E-state index in [2.05, 4.69) is 20.9 Å². The maximum absolute atomic E-state index is 14.0. The quantitative estimate of drug-likeness (QED) is 0.0300. The number of carbonyl (C=O) groups is 4. The van der Waals surface area contributed by atoms with E-state index >= 15 is 0 Å². The lowest BCUT2D eigenvalue weighted by atomic mass is 9.85. The van der Waals surface area contributed by atoms with Crippen molar-refractivity contribution in [3.63, 3.8) is 0 Å². The van der Waals surface area contributed by atoms with Gasteiger partial charge in [-0.25, -0.2) is 4.98 Å². The molecule has 0 spiro atoms. The number of aliphatic hydroxyl groups excluding tert-OH is 1. The van der Waals surface area contributed by atoms with E-state index in [9.17, 15) is 34.5 Å². The predicted octanol–water partition coefficient (Wildman–Crippen LogP) is 7.20. The van der Waals surface area contributed by atoms with Gasteiger partial charge in [-0.05, 0) is 94.1 Å². The molecule has 0 aliphatic carbocycles. The van der Waals surface area contributed by atoms with Gasteiger partial charge in [0.15, 0.2) is 0 Å². The average molecular weight is 923 g/mol. The standard InChI is InChI=1S/C50H56ClN5O8S/c1-31-46(65-30-54-31)36-7-5-32(6-8-36)28-53-48(62)42-27-39(59)29-56(42)49(63)47(50(2,3)4)55-44(61)22-21-43(60)52-25-26-64-40-19-13-35(14-20-40)45(34-11-17-38(58)18-12-34)41(23-24-51)33-9-15-37(57)16-10-33/h5-20,30,39,42,47,57-59H,21-29H2,1-4H3,(H,52,60)(H,53,62)(H,55,61)/t39-,42+,47?/m1/s1. The van der Waals surface area contributed by atoms with Crippen molar-refractivity contribution in [1.82, 2.24) is 25.8 Å². The molecule has 1 unspecified atom stereocenters. The van der Waals surface area contributed by atoms with Crippen molar-refractivity contribution in [3.05, 3.63) is 131 Å². The summed E-state index contributed by atoms with van der Waals surface area (Å²) in [6, 6.07) is 27.2. The Morgan fingerprint density at radius 1 is 0.831 bits per heavy atom. The zero-order valence-corrected chi connectivity index (χ0v) is 38.5. The van der Waals surface area contributed by atoms with Crippen LogP contribution in [0.1, 0.15) is 74.4 Å². The fraction of sp³-hybridized carbons (Fsp3) is 0.340. The third kappa shape index (κ3) is 13.0. The number of ether oxygens (including phenoxy) is 1. The number of benzene rings is 4. The van der Waals surface area contributed by atoms with Gasteiger partial charge in [0.2, 0.25) is 23.6 Å². The smallest absolute Gasteiger partial charge is 0.246 e. The molecule has 15 heteroatoms. The number of hydrogen-bond donors (Lipinski definition) is 6. The molecule has 13 nitrogen and oxygen atoms in total. The highest BCUT2D eigenvalue weighted by Gasteiger charge is 2.44. The first-order valence-corrected chi connectivity index (χ1v) is 23.0. The fourth-order valence-corrected chi connectivity index (χ4v) is 8.72. The van der Waals surface area contributed by atoms with Crippen LogP contribution in [0.4, 0.5) is 0 Å². The second-order valence-corrected chi connectivity index (χ2v) is 18.3. The zero-order valence-electron chi connectivity index (χ0n) is 37.0. The van der Waals surface area contributed by atoms with Crippen molar-refractivity contribution < 1.29 is 39.2 Å². The van der Waals surface area contributed by atoms with Crippen molar-refractivity contribution >= 4 is 57.7 Å². The molecular formula is C50H56ClN5O8S. The Labute approximate surface area is 388 Å². The number of thiazole rings is 1. The summed E-state index contributed by atoms with van der Waals surface area (Å²) < 4.78 is 5.92. The number of amides is 4. The molecule has 0 radical (unpaired) electrons. The summed E-state index contributed by atoms with van der Waals surface area (Å²) in [5, 5.41) is 38.9. The third-order valence-corrected chi connectivity index (χ3v) is 12.3. The summed E-state index contributed by atoms with van der Waals surface area (Å²) in [7, 11) is 0. The fourth-order valence-electron chi connectivity index (χ4n) is 7.72. The van der Waals surface area contributed by atoms with Crippen LogP contribution in [0, 0.1) is 12.3 Å². The Hall–Kier alpha value is -6.22. The highest BCUT2D eigenvalue weighted by atomic mass is 35.5. The lowest BCUT2D eigenvalue weighted by Crippen LogP contribution is -2.57. The van der Waals surface area contributed by atoms with E-state index in [0.29, 0.717) is 18.1 Å². The molecule has 6 rings (SSSR count). The molecule has 342 valence electrons. The number of aromatic nitrogens is 1. The Balaban J connectivity index is 0.984. The summed E-state index contributed by atoms with van der Waals surface area (Å²) >= 11 is 7.83. The highest BCUT2D eigenvalue weighted by Crippen LogP contribution is 2.37. The molecule has 1 aliphatic heterocycles. The summed E-state index contributed by atoms with van der Waals surface area (Å²) in [6.45, 7) is 7.90. The number of hydrogen-bond acceptors (Lipinski definition) is 10. The second-order valence-electron chi connectivity index (χ2n) is 17.1. The number of alkyl halides is 1. The first-order valence-electron chi connectivity index (χ1n) is 21.5. The van der Waals surface area contributed by atoms with E-state index in [4.69, 9.17) is 16.3 Å². The number of rotatable bonds is 18. The summed E-state index contributed by atoms with van der Waals surface area (Å²) in [4.78, 5) is 60.2. The van der Waals surface area contributed by atoms with Crippen molar-refractivity contribution in [1.29, 1.82) is 0 Å². The predicted molar refractivity (Wildman–Crippen MR) is 253 cm³/mol. The molecule has 1 saturated heterocycles. The number of nitrogens with zero attached hydrogens (tertiary/aromatic N) is 2.